The normalized spacial score (nSPS) is 23.5. The van der Waals surface area contributed by atoms with E-state index >= 15 is 0 Å². The third-order valence-electron chi connectivity index (χ3n) is 3.61. The molecule has 5 heteroatoms. The van der Waals surface area contributed by atoms with Crippen molar-refractivity contribution in [2.24, 2.45) is 5.92 Å². The summed E-state index contributed by atoms with van der Waals surface area (Å²) in [7, 11) is 0. The number of rotatable bonds is 2. The van der Waals surface area contributed by atoms with Gasteiger partial charge in [-0.2, -0.15) is 0 Å². The second-order valence-corrected chi connectivity index (χ2v) is 6.58. The van der Waals surface area contributed by atoms with Gasteiger partial charge in [-0.25, -0.2) is 4.39 Å². The minimum absolute atomic E-state index is 0.0274. The van der Waals surface area contributed by atoms with Crippen LogP contribution in [0.25, 0.3) is 0 Å². The Morgan fingerprint density at radius 2 is 2.32 bits per heavy atom. The Morgan fingerprint density at radius 1 is 1.58 bits per heavy atom. The fraction of sp³-hybridized carbons (Fsp3) is 0.500. The average molecular weight is 349 g/mol. The summed E-state index contributed by atoms with van der Waals surface area (Å²) in [6, 6.07) is 4.49. The lowest BCUT2D eigenvalue weighted by molar-refractivity contribution is -0.131. The Kier molecular flexibility index (Phi) is 4.85. The molecule has 104 valence electrons. The lowest BCUT2D eigenvalue weighted by atomic mass is 9.98. The predicted octanol–water partition coefficient (Wildman–Crippen LogP) is 3.65. The van der Waals surface area contributed by atoms with E-state index in [-0.39, 0.29) is 12.3 Å². The highest BCUT2D eigenvalue weighted by Gasteiger charge is 2.27. The second kappa shape index (κ2) is 6.23. The van der Waals surface area contributed by atoms with Crippen molar-refractivity contribution in [3.05, 3.63) is 34.6 Å². The summed E-state index contributed by atoms with van der Waals surface area (Å²) in [6.07, 6.45) is 0.992. The van der Waals surface area contributed by atoms with Crippen molar-refractivity contribution in [3.63, 3.8) is 0 Å². The predicted molar refractivity (Wildman–Crippen MR) is 78.2 cm³/mol. The minimum Gasteiger partial charge on any atom is -0.341 e. The molecule has 2 unspecified atom stereocenters. The summed E-state index contributed by atoms with van der Waals surface area (Å²) in [6.45, 7) is 3.56. The van der Waals surface area contributed by atoms with Crippen LogP contribution in [0.15, 0.2) is 18.2 Å². The maximum atomic E-state index is 13.7. The van der Waals surface area contributed by atoms with E-state index in [1.807, 2.05) is 0 Å². The van der Waals surface area contributed by atoms with Crippen molar-refractivity contribution in [2.45, 2.75) is 24.6 Å². The van der Waals surface area contributed by atoms with E-state index in [9.17, 15) is 9.18 Å². The maximum Gasteiger partial charge on any atom is 0.227 e. The van der Waals surface area contributed by atoms with Crippen LogP contribution in [0.4, 0.5) is 4.39 Å². The van der Waals surface area contributed by atoms with E-state index in [0.717, 1.165) is 13.0 Å². The molecule has 2 atom stereocenters. The van der Waals surface area contributed by atoms with Crippen molar-refractivity contribution >= 4 is 33.4 Å². The van der Waals surface area contributed by atoms with Gasteiger partial charge in [-0.3, -0.25) is 4.79 Å². The Bertz CT molecular complexity index is 462. The molecule has 1 aromatic rings. The van der Waals surface area contributed by atoms with Crippen molar-refractivity contribution in [2.75, 3.05) is 13.1 Å². The molecule has 0 saturated carbocycles. The minimum atomic E-state index is -0.415. The largest absolute Gasteiger partial charge is 0.341 e. The van der Waals surface area contributed by atoms with Gasteiger partial charge in [0.1, 0.15) is 5.82 Å². The number of amides is 1. The summed E-state index contributed by atoms with van der Waals surface area (Å²) in [5.41, 5.74) is 0.291. The first-order valence-electron chi connectivity index (χ1n) is 6.33. The first kappa shape index (κ1) is 14.8. The van der Waals surface area contributed by atoms with Gasteiger partial charge >= 0.3 is 0 Å². The number of benzene rings is 1. The van der Waals surface area contributed by atoms with Crippen LogP contribution in [0.1, 0.15) is 18.9 Å². The fourth-order valence-electron chi connectivity index (χ4n) is 2.21. The van der Waals surface area contributed by atoms with Gasteiger partial charge < -0.3 is 4.90 Å². The fourth-order valence-corrected chi connectivity index (χ4v) is 3.06. The molecule has 1 aromatic carbocycles. The third kappa shape index (κ3) is 3.48. The average Bonchev–Trinajstić information content (AvgIpc) is 2.37. The lowest BCUT2D eigenvalue weighted by Crippen LogP contribution is -2.44. The van der Waals surface area contributed by atoms with Gasteiger partial charge in [0.25, 0.3) is 0 Å². The lowest BCUT2D eigenvalue weighted by Gasteiger charge is -2.34. The molecule has 1 heterocycles. The Hall–Kier alpha value is -0.610. The van der Waals surface area contributed by atoms with Gasteiger partial charge in [0.15, 0.2) is 0 Å². The number of likely N-dealkylation sites (tertiary alicyclic amines) is 1. The van der Waals surface area contributed by atoms with E-state index in [4.69, 9.17) is 11.6 Å². The highest BCUT2D eigenvalue weighted by atomic mass is 79.9. The molecule has 1 saturated heterocycles. The molecule has 0 radical (unpaired) electrons. The number of alkyl halides is 1. The molecule has 0 spiro atoms. The highest BCUT2D eigenvalue weighted by Crippen LogP contribution is 2.25. The number of carbonyl (C=O) groups excluding carboxylic acids is 1. The number of hydrogen-bond acceptors (Lipinski definition) is 1. The van der Waals surface area contributed by atoms with E-state index in [0.29, 0.717) is 27.9 Å². The maximum absolute atomic E-state index is 13.7. The first-order valence-corrected chi connectivity index (χ1v) is 7.63. The summed E-state index contributed by atoms with van der Waals surface area (Å²) in [5.74, 6) is 0.0751. The van der Waals surface area contributed by atoms with Crippen LogP contribution in [-0.4, -0.2) is 28.7 Å². The first-order chi connectivity index (χ1) is 8.99. The van der Waals surface area contributed by atoms with E-state index < -0.39 is 5.82 Å². The SMILES string of the molecule is CC1CCN(C(=O)Cc2c(F)cccc2Cl)CC1Br. The molecule has 0 aliphatic carbocycles. The zero-order chi connectivity index (χ0) is 14.0. The zero-order valence-electron chi connectivity index (χ0n) is 10.7. The number of carbonyl (C=O) groups is 1. The second-order valence-electron chi connectivity index (χ2n) is 5.00. The van der Waals surface area contributed by atoms with E-state index in [2.05, 4.69) is 22.9 Å². The molecule has 1 fully saturated rings. The van der Waals surface area contributed by atoms with E-state index in [1.54, 1.807) is 17.0 Å². The molecule has 0 bridgehead atoms. The topological polar surface area (TPSA) is 20.3 Å². The summed E-state index contributed by atoms with van der Waals surface area (Å²) in [5, 5.41) is 0.314. The van der Waals surface area contributed by atoms with Crippen LogP contribution in [0.5, 0.6) is 0 Å². The van der Waals surface area contributed by atoms with Crippen molar-refractivity contribution in [1.82, 2.24) is 4.90 Å². The van der Waals surface area contributed by atoms with Gasteiger partial charge in [0.2, 0.25) is 5.91 Å². The van der Waals surface area contributed by atoms with Crippen molar-refractivity contribution < 1.29 is 9.18 Å². The third-order valence-corrected chi connectivity index (χ3v) is 5.16. The molecule has 0 N–H and O–H groups in total. The Morgan fingerprint density at radius 3 is 2.95 bits per heavy atom. The zero-order valence-corrected chi connectivity index (χ0v) is 13.0. The summed E-state index contributed by atoms with van der Waals surface area (Å²) in [4.78, 5) is 14.3. The van der Waals surface area contributed by atoms with Gasteiger partial charge in [0, 0.05) is 28.5 Å². The number of halogens is 3. The molecule has 0 aromatic heterocycles. The molecule has 2 rings (SSSR count). The van der Waals surface area contributed by atoms with Gasteiger partial charge in [-0.05, 0) is 24.5 Å². The number of piperidine rings is 1. The van der Waals surface area contributed by atoms with Crippen LogP contribution >= 0.6 is 27.5 Å². The van der Waals surface area contributed by atoms with Crippen LogP contribution in [0, 0.1) is 11.7 Å². The summed E-state index contributed by atoms with van der Waals surface area (Å²) < 4.78 is 13.7. The molecular formula is C14H16BrClFNO. The standard InChI is InChI=1S/C14H16BrClFNO/c1-9-5-6-18(8-11(9)15)14(19)7-10-12(16)3-2-4-13(10)17/h2-4,9,11H,5-8H2,1H3. The van der Waals surface area contributed by atoms with Crippen LogP contribution in [-0.2, 0) is 11.2 Å². The van der Waals surface area contributed by atoms with Crippen LogP contribution in [0.2, 0.25) is 5.02 Å². The molecule has 2 nitrogen and oxygen atoms in total. The molecule has 1 aliphatic heterocycles. The number of hydrogen-bond donors (Lipinski definition) is 0. The van der Waals surface area contributed by atoms with Crippen LogP contribution in [0.3, 0.4) is 0 Å². The monoisotopic (exact) mass is 347 g/mol. The Balaban J connectivity index is 2.05. The molecule has 1 amide bonds. The van der Waals surface area contributed by atoms with Crippen molar-refractivity contribution in [1.29, 1.82) is 0 Å². The van der Waals surface area contributed by atoms with E-state index in [1.165, 1.54) is 6.07 Å². The molecule has 1 aliphatic rings. The van der Waals surface area contributed by atoms with Gasteiger partial charge in [0.05, 0.1) is 6.42 Å². The molecular weight excluding hydrogens is 333 g/mol. The smallest absolute Gasteiger partial charge is 0.227 e. The van der Waals surface area contributed by atoms with Gasteiger partial charge in [-0.1, -0.05) is 40.5 Å². The highest BCUT2D eigenvalue weighted by molar-refractivity contribution is 9.09. The summed E-state index contributed by atoms with van der Waals surface area (Å²) >= 11 is 9.53. The Labute approximate surface area is 126 Å². The van der Waals surface area contributed by atoms with Gasteiger partial charge in [-0.15, -0.1) is 0 Å². The number of nitrogens with zero attached hydrogens (tertiary/aromatic N) is 1. The quantitative estimate of drug-likeness (QED) is 0.747. The van der Waals surface area contributed by atoms with Crippen LogP contribution < -0.4 is 0 Å². The van der Waals surface area contributed by atoms with Crippen molar-refractivity contribution in [3.8, 4) is 0 Å². The molecule has 19 heavy (non-hydrogen) atoms.